The minimum Gasteiger partial charge on any atom is -0.368 e. The van der Waals surface area contributed by atoms with E-state index in [1.54, 1.807) is 24.3 Å². The van der Waals surface area contributed by atoms with Crippen LogP contribution in [0.1, 0.15) is 12.8 Å². The van der Waals surface area contributed by atoms with E-state index in [-0.39, 0.29) is 37.2 Å². The van der Waals surface area contributed by atoms with Crippen molar-refractivity contribution in [2.75, 3.05) is 18.4 Å². The van der Waals surface area contributed by atoms with Gasteiger partial charge in [-0.15, -0.1) is 0 Å². The van der Waals surface area contributed by atoms with Crippen LogP contribution in [0.2, 0.25) is 5.02 Å². The fraction of sp³-hybridized carbons (Fsp3) is 0.357. The summed E-state index contributed by atoms with van der Waals surface area (Å²) in [5, 5.41) is 3.29. The summed E-state index contributed by atoms with van der Waals surface area (Å²) in [5.41, 5.74) is 5.70. The monoisotopic (exact) mass is 309 g/mol. The average molecular weight is 310 g/mol. The van der Waals surface area contributed by atoms with Crippen molar-refractivity contribution in [2.45, 2.75) is 12.8 Å². The van der Waals surface area contributed by atoms with E-state index in [0.717, 1.165) is 0 Å². The van der Waals surface area contributed by atoms with Crippen molar-refractivity contribution in [2.24, 2.45) is 11.7 Å². The van der Waals surface area contributed by atoms with Gasteiger partial charge >= 0.3 is 0 Å². The van der Waals surface area contributed by atoms with E-state index >= 15 is 0 Å². The number of anilines is 1. The number of benzene rings is 1. The molecule has 6 nitrogen and oxygen atoms in total. The topological polar surface area (TPSA) is 92.5 Å². The molecule has 0 spiro atoms. The molecule has 1 atom stereocenters. The summed E-state index contributed by atoms with van der Waals surface area (Å²) < 4.78 is 0. The van der Waals surface area contributed by atoms with Gasteiger partial charge in [0.1, 0.15) is 0 Å². The lowest BCUT2D eigenvalue weighted by molar-refractivity contribution is -0.140. The quantitative estimate of drug-likeness (QED) is 0.869. The van der Waals surface area contributed by atoms with Crippen molar-refractivity contribution in [3.05, 3.63) is 29.3 Å². The van der Waals surface area contributed by atoms with Crippen LogP contribution in [0.5, 0.6) is 0 Å². The Balaban J connectivity index is 1.99. The van der Waals surface area contributed by atoms with Gasteiger partial charge in [-0.3, -0.25) is 14.4 Å². The SMILES string of the molecule is NC(=O)CN1CC(C(=O)Nc2cccc(Cl)c2)CCC1=O. The Bertz CT molecular complexity index is 576. The molecule has 21 heavy (non-hydrogen) atoms. The number of piperidine rings is 1. The fourth-order valence-corrected chi connectivity index (χ4v) is 2.47. The number of likely N-dealkylation sites (tertiary alicyclic amines) is 1. The largest absolute Gasteiger partial charge is 0.368 e. The molecule has 0 aromatic heterocycles. The highest BCUT2D eigenvalue weighted by Gasteiger charge is 2.30. The molecule has 1 aliphatic heterocycles. The van der Waals surface area contributed by atoms with Crippen molar-refractivity contribution < 1.29 is 14.4 Å². The summed E-state index contributed by atoms with van der Waals surface area (Å²) in [5.74, 6) is -1.29. The zero-order chi connectivity index (χ0) is 15.4. The van der Waals surface area contributed by atoms with Crippen molar-refractivity contribution >= 4 is 35.0 Å². The molecule has 1 heterocycles. The van der Waals surface area contributed by atoms with Crippen LogP contribution in [0.15, 0.2) is 24.3 Å². The second kappa shape index (κ2) is 6.58. The first-order valence-electron chi connectivity index (χ1n) is 6.58. The van der Waals surface area contributed by atoms with E-state index in [1.807, 2.05) is 0 Å². The van der Waals surface area contributed by atoms with Crippen LogP contribution in [0.3, 0.4) is 0 Å². The molecule has 0 aliphatic carbocycles. The third-order valence-electron chi connectivity index (χ3n) is 3.31. The lowest BCUT2D eigenvalue weighted by Gasteiger charge is -2.31. The molecule has 112 valence electrons. The summed E-state index contributed by atoms with van der Waals surface area (Å²) >= 11 is 5.86. The number of carbonyl (C=O) groups excluding carboxylic acids is 3. The maximum atomic E-state index is 12.2. The highest BCUT2D eigenvalue weighted by Crippen LogP contribution is 2.21. The summed E-state index contributed by atoms with van der Waals surface area (Å²) in [6, 6.07) is 6.83. The molecule has 7 heteroatoms. The van der Waals surface area contributed by atoms with Gasteiger partial charge in [-0.05, 0) is 24.6 Å². The molecule has 0 bridgehead atoms. The number of amides is 3. The Hall–Kier alpha value is -2.08. The third kappa shape index (κ3) is 4.19. The van der Waals surface area contributed by atoms with Gasteiger partial charge in [-0.25, -0.2) is 0 Å². The van der Waals surface area contributed by atoms with E-state index in [1.165, 1.54) is 4.90 Å². The van der Waals surface area contributed by atoms with Crippen molar-refractivity contribution in [1.82, 2.24) is 4.90 Å². The molecule has 0 saturated carbocycles. The van der Waals surface area contributed by atoms with Gasteiger partial charge in [0, 0.05) is 23.7 Å². The Morgan fingerprint density at radius 2 is 2.19 bits per heavy atom. The molecule has 1 fully saturated rings. The van der Waals surface area contributed by atoms with Crippen LogP contribution in [-0.4, -0.2) is 35.7 Å². The molecule has 0 radical (unpaired) electrons. The van der Waals surface area contributed by atoms with Crippen LogP contribution in [0, 0.1) is 5.92 Å². The minimum atomic E-state index is -0.584. The fourth-order valence-electron chi connectivity index (χ4n) is 2.28. The summed E-state index contributed by atoms with van der Waals surface area (Å²) in [4.78, 5) is 36.1. The Labute approximate surface area is 127 Å². The second-order valence-corrected chi connectivity index (χ2v) is 5.41. The van der Waals surface area contributed by atoms with E-state index in [2.05, 4.69) is 5.32 Å². The van der Waals surface area contributed by atoms with Gasteiger partial charge in [0.2, 0.25) is 17.7 Å². The average Bonchev–Trinajstić information content (AvgIpc) is 2.40. The summed E-state index contributed by atoms with van der Waals surface area (Å²) in [6.07, 6.45) is 0.696. The number of nitrogens with zero attached hydrogens (tertiary/aromatic N) is 1. The normalized spacial score (nSPS) is 18.4. The number of halogens is 1. The van der Waals surface area contributed by atoms with E-state index in [9.17, 15) is 14.4 Å². The number of rotatable bonds is 4. The number of nitrogens with one attached hydrogen (secondary N) is 1. The predicted molar refractivity (Wildman–Crippen MR) is 78.6 cm³/mol. The number of hydrogen-bond acceptors (Lipinski definition) is 3. The lowest BCUT2D eigenvalue weighted by Crippen LogP contribution is -2.47. The Morgan fingerprint density at radius 3 is 2.86 bits per heavy atom. The predicted octanol–water partition coefficient (Wildman–Crippen LogP) is 1.00. The number of carbonyl (C=O) groups is 3. The highest BCUT2D eigenvalue weighted by molar-refractivity contribution is 6.30. The first-order valence-corrected chi connectivity index (χ1v) is 6.96. The molecular weight excluding hydrogens is 294 g/mol. The van der Waals surface area contributed by atoms with Gasteiger partial charge in [0.05, 0.1) is 12.5 Å². The van der Waals surface area contributed by atoms with Gasteiger partial charge in [0.25, 0.3) is 0 Å². The molecule has 1 saturated heterocycles. The van der Waals surface area contributed by atoms with Gasteiger partial charge < -0.3 is 16.0 Å². The molecule has 2 rings (SSSR count). The van der Waals surface area contributed by atoms with Crippen molar-refractivity contribution in [3.8, 4) is 0 Å². The first-order chi connectivity index (χ1) is 9.95. The van der Waals surface area contributed by atoms with E-state index in [0.29, 0.717) is 17.1 Å². The van der Waals surface area contributed by atoms with Crippen LogP contribution < -0.4 is 11.1 Å². The van der Waals surface area contributed by atoms with Gasteiger partial charge in [-0.2, -0.15) is 0 Å². The van der Waals surface area contributed by atoms with Gasteiger partial charge in [0.15, 0.2) is 0 Å². The number of primary amides is 1. The Kier molecular flexibility index (Phi) is 4.80. The van der Waals surface area contributed by atoms with Crippen molar-refractivity contribution in [1.29, 1.82) is 0 Å². The molecule has 1 aromatic rings. The zero-order valence-corrected chi connectivity index (χ0v) is 12.1. The molecule has 1 aromatic carbocycles. The lowest BCUT2D eigenvalue weighted by atomic mass is 9.96. The maximum absolute atomic E-state index is 12.2. The third-order valence-corrected chi connectivity index (χ3v) is 3.54. The van der Waals surface area contributed by atoms with E-state index in [4.69, 9.17) is 17.3 Å². The van der Waals surface area contributed by atoms with Crippen LogP contribution >= 0.6 is 11.6 Å². The molecular formula is C14H16ClN3O3. The van der Waals surface area contributed by atoms with Crippen LogP contribution in [0.25, 0.3) is 0 Å². The first kappa shape index (κ1) is 15.3. The van der Waals surface area contributed by atoms with E-state index < -0.39 is 5.91 Å². The summed E-state index contributed by atoms with van der Waals surface area (Å²) in [7, 11) is 0. The zero-order valence-electron chi connectivity index (χ0n) is 11.3. The molecule has 1 aliphatic rings. The smallest absolute Gasteiger partial charge is 0.237 e. The molecule has 3 N–H and O–H groups in total. The maximum Gasteiger partial charge on any atom is 0.237 e. The molecule has 1 unspecified atom stereocenters. The van der Waals surface area contributed by atoms with Crippen LogP contribution in [-0.2, 0) is 14.4 Å². The standard InChI is InChI=1S/C14H16ClN3O3/c15-10-2-1-3-11(6-10)17-14(21)9-4-5-13(20)18(7-9)8-12(16)19/h1-3,6,9H,4-5,7-8H2,(H2,16,19)(H,17,21). The second-order valence-electron chi connectivity index (χ2n) is 4.98. The number of nitrogens with two attached hydrogens (primary N) is 1. The number of hydrogen-bond donors (Lipinski definition) is 2. The minimum absolute atomic E-state index is 0.152. The van der Waals surface area contributed by atoms with Crippen LogP contribution in [0.4, 0.5) is 5.69 Å². The Morgan fingerprint density at radius 1 is 1.43 bits per heavy atom. The van der Waals surface area contributed by atoms with Gasteiger partial charge in [-0.1, -0.05) is 17.7 Å². The summed E-state index contributed by atoms with van der Waals surface area (Å²) in [6.45, 7) is 0.0496. The highest BCUT2D eigenvalue weighted by atomic mass is 35.5. The molecule has 3 amide bonds. The van der Waals surface area contributed by atoms with Crippen molar-refractivity contribution in [3.63, 3.8) is 0 Å².